The summed E-state index contributed by atoms with van der Waals surface area (Å²) in [6, 6.07) is 0. The molecule has 0 spiro atoms. The molecule has 3 heterocycles. The standard InChI is InChI=1S/C11H13N5O3S/c1-8(17)13-2-4-14(5-3-13)9-10(16(18)19)15-6-7-20-11(15)12-9/h6-7H,2-5H2,1H3. The van der Waals surface area contributed by atoms with Crippen molar-refractivity contribution in [2.45, 2.75) is 6.92 Å². The molecule has 0 aromatic carbocycles. The van der Waals surface area contributed by atoms with Gasteiger partial charge in [-0.3, -0.25) is 4.79 Å². The molecule has 2 aromatic heterocycles. The molecule has 8 nitrogen and oxygen atoms in total. The van der Waals surface area contributed by atoms with Crippen molar-refractivity contribution in [3.05, 3.63) is 21.7 Å². The number of hydrogen-bond donors (Lipinski definition) is 0. The molecule has 3 rings (SSSR count). The first-order valence-corrected chi connectivity index (χ1v) is 7.06. The van der Waals surface area contributed by atoms with E-state index in [-0.39, 0.29) is 11.7 Å². The van der Waals surface area contributed by atoms with Crippen LogP contribution in [0.3, 0.4) is 0 Å². The van der Waals surface area contributed by atoms with E-state index in [2.05, 4.69) is 4.98 Å². The Morgan fingerprint density at radius 2 is 2.10 bits per heavy atom. The molecule has 1 aliphatic rings. The van der Waals surface area contributed by atoms with Crippen molar-refractivity contribution in [1.82, 2.24) is 14.3 Å². The van der Waals surface area contributed by atoms with Crippen LogP contribution in [0.4, 0.5) is 11.6 Å². The van der Waals surface area contributed by atoms with Gasteiger partial charge in [-0.2, -0.15) is 9.38 Å². The molecule has 0 N–H and O–H groups in total. The number of aromatic nitrogens is 2. The summed E-state index contributed by atoms with van der Waals surface area (Å²) in [5.74, 6) is 0.424. The summed E-state index contributed by atoms with van der Waals surface area (Å²) >= 11 is 1.37. The Labute approximate surface area is 118 Å². The summed E-state index contributed by atoms with van der Waals surface area (Å²) in [6.45, 7) is 3.79. The molecular weight excluding hydrogens is 282 g/mol. The van der Waals surface area contributed by atoms with E-state index >= 15 is 0 Å². The maximum absolute atomic E-state index is 11.3. The van der Waals surface area contributed by atoms with E-state index in [0.29, 0.717) is 37.0 Å². The second-order valence-electron chi connectivity index (χ2n) is 4.56. The molecule has 0 atom stereocenters. The van der Waals surface area contributed by atoms with Gasteiger partial charge >= 0.3 is 5.82 Å². The zero-order valence-electron chi connectivity index (χ0n) is 10.9. The normalized spacial score (nSPS) is 15.8. The van der Waals surface area contributed by atoms with Gasteiger partial charge in [0.2, 0.25) is 11.7 Å². The number of amides is 1. The predicted octanol–water partition coefficient (Wildman–Crippen LogP) is 0.973. The molecule has 1 fully saturated rings. The number of carbonyl (C=O) groups is 1. The maximum Gasteiger partial charge on any atom is 0.373 e. The van der Waals surface area contributed by atoms with Gasteiger partial charge in [0, 0.05) is 38.5 Å². The predicted molar refractivity (Wildman–Crippen MR) is 74.2 cm³/mol. The number of piperazine rings is 1. The number of imidazole rings is 1. The Kier molecular flexibility index (Phi) is 3.05. The SMILES string of the molecule is CC(=O)N1CCN(c2nc3sccn3c2[N+](=O)[O-])CC1. The van der Waals surface area contributed by atoms with Crippen LogP contribution in [0, 0.1) is 10.1 Å². The Hall–Kier alpha value is -2.16. The lowest BCUT2D eigenvalue weighted by Gasteiger charge is -2.33. The van der Waals surface area contributed by atoms with Crippen LogP contribution in [0.25, 0.3) is 4.96 Å². The van der Waals surface area contributed by atoms with Crippen molar-refractivity contribution in [2.24, 2.45) is 0 Å². The van der Waals surface area contributed by atoms with Crippen LogP contribution in [0.15, 0.2) is 11.6 Å². The molecule has 2 aromatic rings. The van der Waals surface area contributed by atoms with Crippen LogP contribution in [-0.4, -0.2) is 51.3 Å². The molecular formula is C11H13N5O3S. The highest BCUT2D eigenvalue weighted by Crippen LogP contribution is 2.31. The molecule has 106 valence electrons. The maximum atomic E-state index is 11.3. The monoisotopic (exact) mass is 295 g/mol. The van der Waals surface area contributed by atoms with Crippen LogP contribution in [-0.2, 0) is 4.79 Å². The zero-order chi connectivity index (χ0) is 14.3. The van der Waals surface area contributed by atoms with Crippen molar-refractivity contribution in [1.29, 1.82) is 0 Å². The van der Waals surface area contributed by atoms with Gasteiger partial charge in [0.05, 0.1) is 0 Å². The third-order valence-electron chi connectivity index (χ3n) is 3.42. The lowest BCUT2D eigenvalue weighted by molar-refractivity contribution is -0.389. The van der Waals surface area contributed by atoms with E-state index in [4.69, 9.17) is 0 Å². The summed E-state index contributed by atoms with van der Waals surface area (Å²) in [7, 11) is 0. The van der Waals surface area contributed by atoms with E-state index in [9.17, 15) is 14.9 Å². The fourth-order valence-electron chi connectivity index (χ4n) is 2.38. The first-order valence-electron chi connectivity index (χ1n) is 6.18. The fourth-order valence-corrected chi connectivity index (χ4v) is 3.08. The van der Waals surface area contributed by atoms with Crippen LogP contribution in [0.1, 0.15) is 6.92 Å². The molecule has 1 amide bonds. The van der Waals surface area contributed by atoms with Crippen molar-refractivity contribution < 1.29 is 9.72 Å². The van der Waals surface area contributed by atoms with Gasteiger partial charge in [0.25, 0.3) is 4.96 Å². The summed E-state index contributed by atoms with van der Waals surface area (Å²) in [5, 5.41) is 13.0. The molecule has 0 aliphatic carbocycles. The largest absolute Gasteiger partial charge is 0.373 e. The second kappa shape index (κ2) is 4.75. The average molecular weight is 295 g/mol. The summed E-state index contributed by atoms with van der Waals surface area (Å²) in [6.07, 6.45) is 1.65. The highest BCUT2D eigenvalue weighted by Gasteiger charge is 2.30. The molecule has 1 aliphatic heterocycles. The smallest absolute Gasteiger partial charge is 0.358 e. The molecule has 0 saturated carbocycles. The van der Waals surface area contributed by atoms with E-state index in [1.807, 2.05) is 4.90 Å². The number of fused-ring (bicyclic) bond motifs is 1. The molecule has 0 bridgehead atoms. The minimum absolute atomic E-state index is 0.00229. The topological polar surface area (TPSA) is 84.0 Å². The average Bonchev–Trinajstić information content (AvgIpc) is 2.97. The van der Waals surface area contributed by atoms with Crippen LogP contribution in [0.2, 0.25) is 0 Å². The van der Waals surface area contributed by atoms with Crippen molar-refractivity contribution in [2.75, 3.05) is 31.1 Å². The number of anilines is 1. The number of thiazole rings is 1. The Morgan fingerprint density at radius 1 is 1.40 bits per heavy atom. The number of carbonyl (C=O) groups excluding carboxylic acids is 1. The quantitative estimate of drug-likeness (QED) is 0.609. The first-order chi connectivity index (χ1) is 9.58. The number of rotatable bonds is 2. The van der Waals surface area contributed by atoms with Crippen molar-refractivity contribution in [3.63, 3.8) is 0 Å². The zero-order valence-corrected chi connectivity index (χ0v) is 11.7. The molecule has 9 heteroatoms. The fraction of sp³-hybridized carbons (Fsp3) is 0.455. The molecule has 0 unspecified atom stereocenters. The molecule has 20 heavy (non-hydrogen) atoms. The van der Waals surface area contributed by atoms with E-state index < -0.39 is 4.92 Å². The summed E-state index contributed by atoms with van der Waals surface area (Å²) < 4.78 is 1.50. The molecule has 0 radical (unpaired) electrons. The van der Waals surface area contributed by atoms with E-state index in [0.717, 1.165) is 0 Å². The third-order valence-corrected chi connectivity index (χ3v) is 4.17. The van der Waals surface area contributed by atoms with Crippen LogP contribution in [0.5, 0.6) is 0 Å². The third kappa shape index (κ3) is 1.99. The second-order valence-corrected chi connectivity index (χ2v) is 5.44. The minimum Gasteiger partial charge on any atom is -0.358 e. The minimum atomic E-state index is -0.403. The lowest BCUT2D eigenvalue weighted by atomic mass is 10.3. The lowest BCUT2D eigenvalue weighted by Crippen LogP contribution is -2.48. The number of nitrogens with zero attached hydrogens (tertiary/aromatic N) is 5. The van der Waals surface area contributed by atoms with Gasteiger partial charge < -0.3 is 19.9 Å². The van der Waals surface area contributed by atoms with Gasteiger partial charge in [-0.1, -0.05) is 11.3 Å². The van der Waals surface area contributed by atoms with E-state index in [1.165, 1.54) is 22.7 Å². The van der Waals surface area contributed by atoms with Gasteiger partial charge in [0.15, 0.2) is 0 Å². The van der Waals surface area contributed by atoms with Crippen LogP contribution < -0.4 is 4.90 Å². The van der Waals surface area contributed by atoms with Crippen LogP contribution >= 0.6 is 11.3 Å². The first kappa shape index (κ1) is 12.9. The van der Waals surface area contributed by atoms with Gasteiger partial charge in [-0.25, -0.2) is 0 Å². The highest BCUT2D eigenvalue weighted by molar-refractivity contribution is 7.15. The summed E-state index contributed by atoms with van der Waals surface area (Å²) in [5.41, 5.74) is 0. The highest BCUT2D eigenvalue weighted by atomic mass is 32.1. The van der Waals surface area contributed by atoms with Crippen molar-refractivity contribution in [3.8, 4) is 0 Å². The van der Waals surface area contributed by atoms with Gasteiger partial charge in [0.1, 0.15) is 6.20 Å². The number of hydrogen-bond acceptors (Lipinski definition) is 6. The van der Waals surface area contributed by atoms with Gasteiger partial charge in [-0.05, 0) is 4.92 Å². The van der Waals surface area contributed by atoms with E-state index in [1.54, 1.807) is 16.5 Å². The number of nitro groups is 1. The summed E-state index contributed by atoms with van der Waals surface area (Å²) in [4.78, 5) is 30.7. The Balaban J connectivity index is 1.91. The molecule has 1 saturated heterocycles. The Bertz CT molecular complexity index is 671. The van der Waals surface area contributed by atoms with Crippen molar-refractivity contribution >= 4 is 33.8 Å². The Morgan fingerprint density at radius 3 is 2.70 bits per heavy atom. The van der Waals surface area contributed by atoms with Gasteiger partial charge in [-0.15, -0.1) is 0 Å².